The maximum atomic E-state index is 5.92. The quantitative estimate of drug-likeness (QED) is 0.814. The van der Waals surface area contributed by atoms with Crippen LogP contribution in [0, 0.1) is 5.92 Å². The van der Waals surface area contributed by atoms with Gasteiger partial charge in [-0.15, -0.1) is 11.8 Å². The highest BCUT2D eigenvalue weighted by Crippen LogP contribution is 2.38. The molecule has 3 heteroatoms. The Kier molecular flexibility index (Phi) is 4.00. The smallest absolute Gasteiger partial charge is 0.0422 e. The minimum atomic E-state index is 0.619. The summed E-state index contributed by atoms with van der Waals surface area (Å²) in [4.78, 5) is 3.71. The molecule has 0 spiro atoms. The van der Waals surface area contributed by atoms with Gasteiger partial charge in [0.1, 0.15) is 0 Å². The predicted molar refractivity (Wildman–Crippen MR) is 76.7 cm³/mol. The van der Waals surface area contributed by atoms with Gasteiger partial charge in [0, 0.05) is 35.8 Å². The van der Waals surface area contributed by atoms with Crippen LogP contribution < -0.4 is 10.6 Å². The van der Waals surface area contributed by atoms with E-state index in [9.17, 15) is 0 Å². The SMILES string of the molecule is CSc1cccc(N(C)C(C)C2CC2)c1CN. The fraction of sp³-hybridized carbons (Fsp3) is 0.571. The lowest BCUT2D eigenvalue weighted by Crippen LogP contribution is -2.31. The van der Waals surface area contributed by atoms with E-state index in [-0.39, 0.29) is 0 Å². The number of thioether (sulfide) groups is 1. The molecule has 1 aliphatic rings. The molecule has 17 heavy (non-hydrogen) atoms. The Bertz CT molecular complexity index is 388. The van der Waals surface area contributed by atoms with E-state index < -0.39 is 0 Å². The molecule has 1 aromatic carbocycles. The predicted octanol–water partition coefficient (Wildman–Crippen LogP) is 3.10. The molecule has 2 N–H and O–H groups in total. The first-order valence-corrected chi connectivity index (χ1v) is 7.50. The van der Waals surface area contributed by atoms with E-state index in [2.05, 4.69) is 43.3 Å². The monoisotopic (exact) mass is 250 g/mol. The summed E-state index contributed by atoms with van der Waals surface area (Å²) in [6.45, 7) is 2.94. The highest BCUT2D eigenvalue weighted by molar-refractivity contribution is 7.98. The Morgan fingerprint density at radius 2 is 2.18 bits per heavy atom. The minimum absolute atomic E-state index is 0.619. The average Bonchev–Trinajstić information content (AvgIpc) is 3.20. The molecule has 1 saturated carbocycles. The van der Waals surface area contributed by atoms with Crippen molar-refractivity contribution in [2.45, 2.75) is 37.2 Å². The molecule has 1 fully saturated rings. The second-order valence-electron chi connectivity index (χ2n) is 4.85. The van der Waals surface area contributed by atoms with Crippen molar-refractivity contribution in [2.24, 2.45) is 11.7 Å². The zero-order chi connectivity index (χ0) is 12.4. The molecule has 2 rings (SSSR count). The Morgan fingerprint density at radius 1 is 1.47 bits per heavy atom. The lowest BCUT2D eigenvalue weighted by Gasteiger charge is -2.29. The third-order valence-electron chi connectivity index (χ3n) is 3.83. The van der Waals surface area contributed by atoms with Crippen LogP contribution in [0.5, 0.6) is 0 Å². The first-order chi connectivity index (χ1) is 8.19. The van der Waals surface area contributed by atoms with E-state index >= 15 is 0 Å². The van der Waals surface area contributed by atoms with Crippen molar-refractivity contribution in [1.82, 2.24) is 0 Å². The summed E-state index contributed by atoms with van der Waals surface area (Å²) in [6, 6.07) is 7.11. The molecule has 0 heterocycles. The summed E-state index contributed by atoms with van der Waals surface area (Å²) < 4.78 is 0. The van der Waals surface area contributed by atoms with E-state index in [4.69, 9.17) is 5.73 Å². The lowest BCUT2D eigenvalue weighted by molar-refractivity contribution is 0.606. The minimum Gasteiger partial charge on any atom is -0.371 e. The van der Waals surface area contributed by atoms with Gasteiger partial charge in [0.15, 0.2) is 0 Å². The summed E-state index contributed by atoms with van der Waals surface area (Å²) in [5, 5.41) is 0. The molecule has 1 aliphatic carbocycles. The summed E-state index contributed by atoms with van der Waals surface area (Å²) >= 11 is 1.78. The zero-order valence-electron chi connectivity index (χ0n) is 10.9. The fourth-order valence-corrected chi connectivity index (χ4v) is 3.04. The summed E-state index contributed by atoms with van der Waals surface area (Å²) in [6.07, 6.45) is 4.87. The normalized spacial score (nSPS) is 16.9. The third kappa shape index (κ3) is 2.61. The van der Waals surface area contributed by atoms with Gasteiger partial charge >= 0.3 is 0 Å². The van der Waals surface area contributed by atoms with E-state index in [1.807, 2.05) is 0 Å². The van der Waals surface area contributed by atoms with Crippen LogP contribution in [0.1, 0.15) is 25.3 Å². The first-order valence-electron chi connectivity index (χ1n) is 6.27. The van der Waals surface area contributed by atoms with Crippen LogP contribution in [0.4, 0.5) is 5.69 Å². The highest BCUT2D eigenvalue weighted by atomic mass is 32.2. The largest absolute Gasteiger partial charge is 0.371 e. The number of rotatable bonds is 5. The van der Waals surface area contributed by atoms with Crippen molar-refractivity contribution in [2.75, 3.05) is 18.2 Å². The van der Waals surface area contributed by atoms with E-state index in [1.54, 1.807) is 11.8 Å². The Labute approximate surface area is 109 Å². The fourth-order valence-electron chi connectivity index (χ4n) is 2.40. The van der Waals surface area contributed by atoms with E-state index in [1.165, 1.54) is 29.0 Å². The van der Waals surface area contributed by atoms with Crippen LogP contribution >= 0.6 is 11.8 Å². The van der Waals surface area contributed by atoms with Gasteiger partial charge in [0.25, 0.3) is 0 Å². The Hall–Kier alpha value is -0.670. The third-order valence-corrected chi connectivity index (χ3v) is 4.65. The maximum absolute atomic E-state index is 5.92. The Balaban J connectivity index is 2.29. The molecular formula is C14H22N2S. The number of nitrogens with zero attached hydrogens (tertiary/aromatic N) is 1. The van der Waals surface area contributed by atoms with Crippen molar-refractivity contribution in [3.63, 3.8) is 0 Å². The van der Waals surface area contributed by atoms with Crippen LogP contribution in [0.2, 0.25) is 0 Å². The van der Waals surface area contributed by atoms with Gasteiger partial charge in [0.05, 0.1) is 0 Å². The van der Waals surface area contributed by atoms with E-state index in [0.29, 0.717) is 12.6 Å². The molecular weight excluding hydrogens is 228 g/mol. The maximum Gasteiger partial charge on any atom is 0.0422 e. The van der Waals surface area contributed by atoms with Crippen molar-refractivity contribution >= 4 is 17.4 Å². The van der Waals surface area contributed by atoms with Crippen LogP contribution in [0.15, 0.2) is 23.1 Å². The van der Waals surface area contributed by atoms with Gasteiger partial charge in [-0.2, -0.15) is 0 Å². The number of hydrogen-bond donors (Lipinski definition) is 1. The number of benzene rings is 1. The molecule has 94 valence electrons. The highest BCUT2D eigenvalue weighted by Gasteiger charge is 2.31. The van der Waals surface area contributed by atoms with Crippen molar-refractivity contribution in [3.05, 3.63) is 23.8 Å². The second-order valence-corrected chi connectivity index (χ2v) is 5.70. The van der Waals surface area contributed by atoms with Gasteiger partial charge in [-0.25, -0.2) is 0 Å². The molecule has 0 aliphatic heterocycles. The van der Waals surface area contributed by atoms with Gasteiger partial charge < -0.3 is 10.6 Å². The van der Waals surface area contributed by atoms with Crippen molar-refractivity contribution in [1.29, 1.82) is 0 Å². The molecule has 0 radical (unpaired) electrons. The molecule has 1 unspecified atom stereocenters. The van der Waals surface area contributed by atoms with Crippen LogP contribution in [-0.4, -0.2) is 19.3 Å². The topological polar surface area (TPSA) is 29.3 Å². The molecule has 1 atom stereocenters. The van der Waals surface area contributed by atoms with Crippen molar-refractivity contribution in [3.8, 4) is 0 Å². The van der Waals surface area contributed by atoms with Crippen molar-refractivity contribution < 1.29 is 0 Å². The molecule has 0 aromatic heterocycles. The lowest BCUT2D eigenvalue weighted by atomic mass is 10.1. The summed E-state index contributed by atoms with van der Waals surface area (Å²) in [5.41, 5.74) is 8.51. The average molecular weight is 250 g/mol. The van der Waals surface area contributed by atoms with E-state index in [0.717, 1.165) is 5.92 Å². The molecule has 1 aromatic rings. The Morgan fingerprint density at radius 3 is 2.71 bits per heavy atom. The van der Waals surface area contributed by atoms with Gasteiger partial charge in [-0.3, -0.25) is 0 Å². The molecule has 2 nitrogen and oxygen atoms in total. The van der Waals surface area contributed by atoms with Gasteiger partial charge in [0.2, 0.25) is 0 Å². The van der Waals surface area contributed by atoms with Crippen LogP contribution in [-0.2, 0) is 6.54 Å². The van der Waals surface area contributed by atoms with Crippen LogP contribution in [0.3, 0.4) is 0 Å². The second kappa shape index (κ2) is 5.32. The van der Waals surface area contributed by atoms with Gasteiger partial charge in [-0.1, -0.05) is 6.07 Å². The standard InChI is InChI=1S/C14H22N2S/c1-10(11-7-8-11)16(2)13-5-4-6-14(17-3)12(13)9-15/h4-6,10-11H,7-9,15H2,1-3H3. The van der Waals surface area contributed by atoms with Gasteiger partial charge in [-0.05, 0) is 44.1 Å². The molecule has 0 bridgehead atoms. The first kappa shape index (κ1) is 12.8. The zero-order valence-corrected chi connectivity index (χ0v) is 11.8. The summed E-state index contributed by atoms with van der Waals surface area (Å²) in [5.74, 6) is 0.878. The van der Waals surface area contributed by atoms with Crippen LogP contribution in [0.25, 0.3) is 0 Å². The molecule has 0 amide bonds. The number of hydrogen-bond acceptors (Lipinski definition) is 3. The molecule has 0 saturated heterocycles. The number of anilines is 1. The number of nitrogens with two attached hydrogens (primary N) is 1. The summed E-state index contributed by atoms with van der Waals surface area (Å²) in [7, 11) is 2.20.